The Morgan fingerprint density at radius 2 is 0.913 bits per heavy atom. The number of hydroxylamine groups is 2. The molecule has 0 aromatic carbocycles. The Labute approximate surface area is 143 Å². The van der Waals surface area contributed by atoms with Gasteiger partial charge in [-0.3, -0.25) is 0 Å². The topological polar surface area (TPSA) is 66.8 Å². The first-order valence-corrected chi connectivity index (χ1v) is 9.98. The summed E-state index contributed by atoms with van der Waals surface area (Å²) in [5.41, 5.74) is 0. The molecule has 0 rings (SSSR count). The molecule has 2 N–H and O–H groups in total. The smallest absolute Gasteiger partial charge is 0.201 e. The fourth-order valence-electron chi connectivity index (χ4n) is 2.93. The van der Waals surface area contributed by atoms with Crippen molar-refractivity contribution in [3.05, 3.63) is 5.21 Å². The number of nitrogens with zero attached hydrogens (tertiary/aromatic N) is 1. The molecule has 0 radical (unpaired) electrons. The van der Waals surface area contributed by atoms with Crippen molar-refractivity contribution in [2.45, 2.75) is 116 Å². The average Bonchev–Trinajstić information content (AvgIpc) is 2.54. The lowest BCUT2D eigenvalue weighted by molar-refractivity contribution is -0.135. The summed E-state index contributed by atoms with van der Waals surface area (Å²) >= 11 is 0. The molecule has 0 spiro atoms. The number of aliphatic hydroxyl groups excluding tert-OH is 1. The van der Waals surface area contributed by atoms with E-state index in [4.69, 9.17) is 10.2 Å². The second-order valence-electron chi connectivity index (χ2n) is 6.79. The number of unbranched alkanes of at least 4 members (excludes halogenated alkanes) is 15. The third-order valence-corrected chi connectivity index (χ3v) is 4.49. The fraction of sp³-hybridized carbons (Fsp3) is 1.00. The van der Waals surface area contributed by atoms with Crippen molar-refractivity contribution in [3.8, 4) is 0 Å². The van der Waals surface area contributed by atoms with E-state index >= 15 is 0 Å². The number of rotatable bonds is 18. The van der Waals surface area contributed by atoms with Crippen LogP contribution in [0.1, 0.15) is 110 Å². The second-order valence-corrected chi connectivity index (χ2v) is 6.79. The monoisotopic (exact) mass is 330 g/mol. The van der Waals surface area contributed by atoms with E-state index in [0.717, 1.165) is 19.3 Å². The maximum atomic E-state index is 10.9. The van der Waals surface area contributed by atoms with Gasteiger partial charge in [-0.1, -0.05) is 103 Å². The maximum Gasteiger partial charge on any atom is 0.201 e. The minimum absolute atomic E-state index is 0.218. The zero-order valence-electron chi connectivity index (χ0n) is 15.3. The SMILES string of the molecule is CCCCCCCCCCCCCCCCCCN([O-])C(O)O. The van der Waals surface area contributed by atoms with E-state index in [0.29, 0.717) is 5.06 Å². The molecule has 0 unspecified atom stereocenters. The van der Waals surface area contributed by atoms with Gasteiger partial charge >= 0.3 is 0 Å². The Morgan fingerprint density at radius 3 is 1.22 bits per heavy atom. The molecular weight excluding hydrogens is 290 g/mol. The lowest BCUT2D eigenvalue weighted by Gasteiger charge is -2.29. The van der Waals surface area contributed by atoms with Crippen LogP contribution < -0.4 is 0 Å². The largest absolute Gasteiger partial charge is 0.782 e. The third kappa shape index (κ3) is 18.0. The van der Waals surface area contributed by atoms with Crippen molar-refractivity contribution in [1.82, 2.24) is 5.06 Å². The number of hydrogen-bond donors (Lipinski definition) is 2. The molecule has 4 nitrogen and oxygen atoms in total. The van der Waals surface area contributed by atoms with Crippen LogP contribution >= 0.6 is 0 Å². The van der Waals surface area contributed by atoms with E-state index in [2.05, 4.69) is 6.92 Å². The molecule has 23 heavy (non-hydrogen) atoms. The lowest BCUT2D eigenvalue weighted by atomic mass is 10.0. The zero-order valence-corrected chi connectivity index (χ0v) is 15.3. The van der Waals surface area contributed by atoms with Crippen LogP contribution in [0.3, 0.4) is 0 Å². The lowest BCUT2D eigenvalue weighted by Crippen LogP contribution is -2.30. The third-order valence-electron chi connectivity index (χ3n) is 4.49. The Morgan fingerprint density at radius 1 is 0.609 bits per heavy atom. The summed E-state index contributed by atoms with van der Waals surface area (Å²) in [7, 11) is 0. The van der Waals surface area contributed by atoms with Crippen molar-refractivity contribution in [2.24, 2.45) is 0 Å². The van der Waals surface area contributed by atoms with Crippen LogP contribution in [0, 0.1) is 5.21 Å². The van der Waals surface area contributed by atoms with E-state index in [9.17, 15) is 5.21 Å². The second kappa shape index (κ2) is 18.2. The van der Waals surface area contributed by atoms with Crippen LogP contribution in [0.15, 0.2) is 0 Å². The number of aliphatic hydroxyl groups is 2. The molecule has 4 heteroatoms. The molecular formula is C19H40NO3-. The molecule has 0 atom stereocenters. The highest BCUT2D eigenvalue weighted by Gasteiger charge is 1.99. The molecule has 0 saturated heterocycles. The molecule has 0 heterocycles. The highest BCUT2D eigenvalue weighted by molar-refractivity contribution is 4.55. The molecule has 0 amide bonds. The summed E-state index contributed by atoms with van der Waals surface area (Å²) in [6.07, 6.45) is 18.9. The predicted molar refractivity (Wildman–Crippen MR) is 97.8 cm³/mol. The minimum atomic E-state index is -1.86. The van der Waals surface area contributed by atoms with E-state index in [1.54, 1.807) is 0 Å². The van der Waals surface area contributed by atoms with Gasteiger partial charge in [-0.2, -0.15) is 0 Å². The quantitative estimate of drug-likeness (QED) is 0.203. The van der Waals surface area contributed by atoms with Gasteiger partial charge in [0.25, 0.3) is 0 Å². The van der Waals surface area contributed by atoms with Crippen LogP contribution in [-0.2, 0) is 0 Å². The first kappa shape index (κ1) is 22.8. The van der Waals surface area contributed by atoms with Crippen molar-refractivity contribution < 1.29 is 10.2 Å². The van der Waals surface area contributed by atoms with Gasteiger partial charge in [-0.15, -0.1) is 0 Å². The van der Waals surface area contributed by atoms with Gasteiger partial charge in [-0.25, -0.2) is 0 Å². The molecule has 0 aromatic heterocycles. The Kier molecular flexibility index (Phi) is 18.1. The normalized spacial score (nSPS) is 11.7. The average molecular weight is 331 g/mol. The van der Waals surface area contributed by atoms with Gasteiger partial charge in [0.05, 0.1) is 0 Å². The van der Waals surface area contributed by atoms with Gasteiger partial charge in [0.1, 0.15) is 0 Å². The molecule has 0 aromatic rings. The van der Waals surface area contributed by atoms with Crippen LogP contribution in [0.2, 0.25) is 0 Å². The summed E-state index contributed by atoms with van der Waals surface area (Å²) in [5.74, 6) is 0. The molecule has 0 aliphatic rings. The predicted octanol–water partition coefficient (Wildman–Crippen LogP) is 5.32. The summed E-state index contributed by atoms with van der Waals surface area (Å²) in [6, 6.07) is 0. The summed E-state index contributed by atoms with van der Waals surface area (Å²) in [6.45, 7) is 2.48. The van der Waals surface area contributed by atoms with Gasteiger partial charge in [0.15, 0.2) is 0 Å². The van der Waals surface area contributed by atoms with E-state index in [-0.39, 0.29) is 6.54 Å². The molecule has 0 aliphatic carbocycles. The maximum absolute atomic E-state index is 10.9. The van der Waals surface area contributed by atoms with Gasteiger partial charge in [0, 0.05) is 0 Å². The minimum Gasteiger partial charge on any atom is -0.782 e. The number of hydrogen-bond acceptors (Lipinski definition) is 4. The van der Waals surface area contributed by atoms with Crippen LogP contribution in [-0.4, -0.2) is 28.2 Å². The van der Waals surface area contributed by atoms with Crippen LogP contribution in [0.5, 0.6) is 0 Å². The summed E-state index contributed by atoms with van der Waals surface area (Å²) < 4.78 is 0. The Hall–Kier alpha value is -0.160. The first-order chi connectivity index (χ1) is 11.2. The van der Waals surface area contributed by atoms with E-state index in [1.807, 2.05) is 0 Å². The zero-order chi connectivity index (χ0) is 17.2. The molecule has 0 bridgehead atoms. The van der Waals surface area contributed by atoms with Crippen molar-refractivity contribution >= 4 is 0 Å². The standard InChI is InChI=1S/C19H40NO3/c1-2-3-4-5-6-7-8-9-10-11-12-13-14-15-16-17-18-20(23)19(21)22/h19,21-22H,2-18H2,1H3/q-1. The molecule has 0 fully saturated rings. The Bertz CT molecular complexity index is 225. The van der Waals surface area contributed by atoms with Crippen molar-refractivity contribution in [3.63, 3.8) is 0 Å². The molecule has 140 valence electrons. The van der Waals surface area contributed by atoms with Gasteiger partial charge in [-0.05, 0) is 13.0 Å². The van der Waals surface area contributed by atoms with Crippen molar-refractivity contribution in [2.75, 3.05) is 6.54 Å². The van der Waals surface area contributed by atoms with Crippen molar-refractivity contribution in [1.29, 1.82) is 0 Å². The van der Waals surface area contributed by atoms with Gasteiger partial charge < -0.3 is 20.5 Å². The molecule has 0 saturated carbocycles. The summed E-state index contributed by atoms with van der Waals surface area (Å²) in [4.78, 5) is 0. The van der Waals surface area contributed by atoms with E-state index in [1.165, 1.54) is 83.5 Å². The van der Waals surface area contributed by atoms with Crippen LogP contribution in [0.4, 0.5) is 0 Å². The van der Waals surface area contributed by atoms with Crippen LogP contribution in [0.25, 0.3) is 0 Å². The molecule has 0 aliphatic heterocycles. The fourth-order valence-corrected chi connectivity index (χ4v) is 2.93. The highest BCUT2D eigenvalue weighted by atomic mass is 16.6. The Balaban J connectivity index is 3.03. The van der Waals surface area contributed by atoms with Gasteiger partial charge in [0.2, 0.25) is 6.41 Å². The summed E-state index contributed by atoms with van der Waals surface area (Å²) in [5, 5.41) is 28.5. The van der Waals surface area contributed by atoms with E-state index < -0.39 is 6.41 Å². The first-order valence-electron chi connectivity index (χ1n) is 9.98. The highest BCUT2D eigenvalue weighted by Crippen LogP contribution is 2.13.